The summed E-state index contributed by atoms with van der Waals surface area (Å²) in [4.78, 5) is 14.6. The number of methoxy groups -OCH3 is 1. The standard InChI is InChI=1S/C21H29ClN4O3/c1-6-26(7-2)12-13-29-19-14-16(8-10-18(19)28-5)23-20(27)11-9-17-15(3)24-25(4)21(17)22/h8-11,14H,6-7,12-13H2,1-5H3,(H,23,27). The van der Waals surface area contributed by atoms with Crippen LogP contribution in [0.3, 0.4) is 0 Å². The van der Waals surface area contributed by atoms with Crippen molar-refractivity contribution in [2.45, 2.75) is 20.8 Å². The van der Waals surface area contributed by atoms with Crippen molar-refractivity contribution in [1.82, 2.24) is 14.7 Å². The number of anilines is 1. The number of aryl methyl sites for hydroxylation is 2. The van der Waals surface area contributed by atoms with Gasteiger partial charge in [0, 0.05) is 37.0 Å². The molecule has 0 aliphatic carbocycles. The number of carbonyl (C=O) groups is 1. The van der Waals surface area contributed by atoms with E-state index in [1.165, 1.54) is 6.08 Å². The topological polar surface area (TPSA) is 68.6 Å². The van der Waals surface area contributed by atoms with Crippen molar-refractivity contribution in [3.63, 3.8) is 0 Å². The molecule has 0 saturated carbocycles. The van der Waals surface area contributed by atoms with Gasteiger partial charge in [0.2, 0.25) is 5.91 Å². The summed E-state index contributed by atoms with van der Waals surface area (Å²) in [5.41, 5.74) is 2.10. The highest BCUT2D eigenvalue weighted by atomic mass is 35.5. The van der Waals surface area contributed by atoms with Crippen LogP contribution in [0.4, 0.5) is 5.69 Å². The maximum Gasteiger partial charge on any atom is 0.248 e. The third-order valence-corrected chi connectivity index (χ3v) is 5.04. The normalized spacial score (nSPS) is 11.3. The van der Waals surface area contributed by atoms with E-state index < -0.39 is 0 Å². The smallest absolute Gasteiger partial charge is 0.248 e. The summed E-state index contributed by atoms with van der Waals surface area (Å²) >= 11 is 6.19. The van der Waals surface area contributed by atoms with Gasteiger partial charge < -0.3 is 19.7 Å². The number of aromatic nitrogens is 2. The third-order valence-electron chi connectivity index (χ3n) is 4.59. The van der Waals surface area contributed by atoms with E-state index in [1.54, 1.807) is 43.1 Å². The molecule has 2 rings (SSSR count). The first-order valence-electron chi connectivity index (χ1n) is 9.60. The Kier molecular flexibility index (Phi) is 8.54. The van der Waals surface area contributed by atoms with E-state index >= 15 is 0 Å². The highest BCUT2D eigenvalue weighted by Crippen LogP contribution is 2.30. The maximum atomic E-state index is 12.3. The average molecular weight is 421 g/mol. The molecule has 0 unspecified atom stereocenters. The van der Waals surface area contributed by atoms with Gasteiger partial charge in [0.15, 0.2) is 11.5 Å². The molecule has 0 atom stereocenters. The Hall–Kier alpha value is -2.51. The minimum atomic E-state index is -0.274. The highest BCUT2D eigenvalue weighted by Gasteiger charge is 2.10. The molecule has 8 heteroatoms. The van der Waals surface area contributed by atoms with Crippen molar-refractivity contribution in [1.29, 1.82) is 0 Å². The largest absolute Gasteiger partial charge is 0.493 e. The van der Waals surface area contributed by atoms with Gasteiger partial charge in [0.25, 0.3) is 0 Å². The molecule has 0 aliphatic heterocycles. The first kappa shape index (κ1) is 22.8. The maximum absolute atomic E-state index is 12.3. The lowest BCUT2D eigenvalue weighted by Crippen LogP contribution is -2.28. The molecule has 0 aliphatic rings. The van der Waals surface area contributed by atoms with Crippen LogP contribution in [0.15, 0.2) is 24.3 Å². The number of likely N-dealkylation sites (N-methyl/N-ethyl adjacent to an activating group) is 1. The van der Waals surface area contributed by atoms with E-state index in [9.17, 15) is 4.79 Å². The van der Waals surface area contributed by atoms with E-state index in [1.807, 2.05) is 6.92 Å². The summed E-state index contributed by atoms with van der Waals surface area (Å²) in [6, 6.07) is 5.30. The quantitative estimate of drug-likeness (QED) is 0.592. The Labute approximate surface area is 177 Å². The second-order valence-electron chi connectivity index (χ2n) is 6.48. The van der Waals surface area contributed by atoms with Crippen molar-refractivity contribution in [3.05, 3.63) is 40.7 Å². The molecule has 1 aromatic carbocycles. The van der Waals surface area contributed by atoms with Gasteiger partial charge in [-0.1, -0.05) is 25.4 Å². The molecule has 1 amide bonds. The van der Waals surface area contributed by atoms with Crippen LogP contribution in [0, 0.1) is 6.92 Å². The molecule has 1 heterocycles. The highest BCUT2D eigenvalue weighted by molar-refractivity contribution is 6.31. The summed E-state index contributed by atoms with van der Waals surface area (Å²) in [6.07, 6.45) is 3.09. The van der Waals surface area contributed by atoms with Gasteiger partial charge in [-0.2, -0.15) is 5.10 Å². The average Bonchev–Trinajstić information content (AvgIpc) is 2.95. The molecule has 1 N–H and O–H groups in total. The lowest BCUT2D eigenvalue weighted by atomic mass is 10.2. The number of hydrogen-bond acceptors (Lipinski definition) is 5. The minimum Gasteiger partial charge on any atom is -0.493 e. The van der Waals surface area contributed by atoms with Gasteiger partial charge >= 0.3 is 0 Å². The van der Waals surface area contributed by atoms with Crippen molar-refractivity contribution in [3.8, 4) is 11.5 Å². The van der Waals surface area contributed by atoms with Crippen LogP contribution in [-0.4, -0.2) is 53.9 Å². The predicted octanol–water partition coefficient (Wildman–Crippen LogP) is 3.76. The number of amides is 1. The molecule has 29 heavy (non-hydrogen) atoms. The number of ether oxygens (including phenoxy) is 2. The monoisotopic (exact) mass is 420 g/mol. The first-order chi connectivity index (χ1) is 13.9. The number of benzene rings is 1. The Balaban J connectivity index is 2.04. The zero-order chi connectivity index (χ0) is 21.4. The number of carbonyl (C=O) groups excluding carboxylic acids is 1. The van der Waals surface area contributed by atoms with E-state index in [0.29, 0.717) is 28.9 Å². The van der Waals surface area contributed by atoms with Gasteiger partial charge in [-0.3, -0.25) is 9.48 Å². The van der Waals surface area contributed by atoms with Gasteiger partial charge in [-0.15, -0.1) is 0 Å². The number of halogens is 1. The zero-order valence-corrected chi connectivity index (χ0v) is 18.4. The van der Waals surface area contributed by atoms with E-state index in [2.05, 4.69) is 29.2 Å². The van der Waals surface area contributed by atoms with E-state index in [0.717, 1.165) is 30.9 Å². The summed E-state index contributed by atoms with van der Waals surface area (Å²) < 4.78 is 12.8. The summed E-state index contributed by atoms with van der Waals surface area (Å²) in [6.45, 7) is 9.38. The summed E-state index contributed by atoms with van der Waals surface area (Å²) in [7, 11) is 3.35. The molecule has 0 radical (unpaired) electrons. The number of hydrogen-bond donors (Lipinski definition) is 1. The molecular formula is C21H29ClN4O3. The molecule has 2 aromatic rings. The first-order valence-corrected chi connectivity index (χ1v) is 9.98. The molecule has 0 spiro atoms. The second-order valence-corrected chi connectivity index (χ2v) is 6.84. The van der Waals surface area contributed by atoms with Gasteiger partial charge in [-0.25, -0.2) is 0 Å². The van der Waals surface area contributed by atoms with Crippen LogP contribution in [0.1, 0.15) is 25.1 Å². The summed E-state index contributed by atoms with van der Waals surface area (Å²) in [5.74, 6) is 0.937. The zero-order valence-electron chi connectivity index (χ0n) is 17.7. The molecule has 0 saturated heterocycles. The van der Waals surface area contributed by atoms with Gasteiger partial charge in [0.05, 0.1) is 12.8 Å². The number of nitrogens with zero attached hydrogens (tertiary/aromatic N) is 3. The Bertz CT molecular complexity index is 860. The number of nitrogens with one attached hydrogen (secondary N) is 1. The van der Waals surface area contributed by atoms with Crippen molar-refractivity contribution < 1.29 is 14.3 Å². The van der Waals surface area contributed by atoms with Crippen LogP contribution >= 0.6 is 11.6 Å². The molecule has 7 nitrogen and oxygen atoms in total. The minimum absolute atomic E-state index is 0.274. The fourth-order valence-electron chi connectivity index (χ4n) is 2.87. The molecule has 0 bridgehead atoms. The molecule has 0 fully saturated rings. The van der Waals surface area contributed by atoms with Gasteiger partial charge in [0.1, 0.15) is 11.8 Å². The predicted molar refractivity (Wildman–Crippen MR) is 117 cm³/mol. The van der Waals surface area contributed by atoms with Crippen LogP contribution in [0.5, 0.6) is 11.5 Å². The SMILES string of the molecule is CCN(CC)CCOc1cc(NC(=O)C=Cc2c(C)nn(C)c2Cl)ccc1OC. The Morgan fingerprint density at radius 3 is 2.62 bits per heavy atom. The number of rotatable bonds is 10. The van der Waals surface area contributed by atoms with Crippen LogP contribution in [0.2, 0.25) is 5.15 Å². The van der Waals surface area contributed by atoms with Crippen LogP contribution < -0.4 is 14.8 Å². The lowest BCUT2D eigenvalue weighted by Gasteiger charge is -2.19. The van der Waals surface area contributed by atoms with Crippen molar-refractivity contribution >= 4 is 29.3 Å². The molecule has 1 aromatic heterocycles. The fourth-order valence-corrected chi connectivity index (χ4v) is 3.11. The second kappa shape index (κ2) is 10.9. The van der Waals surface area contributed by atoms with Crippen LogP contribution in [0.25, 0.3) is 6.08 Å². The fraction of sp³-hybridized carbons (Fsp3) is 0.429. The van der Waals surface area contributed by atoms with E-state index in [4.69, 9.17) is 21.1 Å². The summed E-state index contributed by atoms with van der Waals surface area (Å²) in [5, 5.41) is 7.54. The Morgan fingerprint density at radius 2 is 2.03 bits per heavy atom. The lowest BCUT2D eigenvalue weighted by molar-refractivity contribution is -0.111. The van der Waals surface area contributed by atoms with Crippen molar-refractivity contribution in [2.75, 3.05) is 38.7 Å². The van der Waals surface area contributed by atoms with Crippen LogP contribution in [-0.2, 0) is 11.8 Å². The van der Waals surface area contributed by atoms with Crippen molar-refractivity contribution in [2.24, 2.45) is 7.05 Å². The molecule has 158 valence electrons. The van der Waals surface area contributed by atoms with E-state index in [-0.39, 0.29) is 5.91 Å². The third kappa shape index (κ3) is 6.24. The van der Waals surface area contributed by atoms with Gasteiger partial charge in [-0.05, 0) is 38.2 Å². The molecular weight excluding hydrogens is 392 g/mol. The Morgan fingerprint density at radius 1 is 1.31 bits per heavy atom.